The Morgan fingerprint density at radius 2 is 2.11 bits per heavy atom. The van der Waals surface area contributed by atoms with Gasteiger partial charge < -0.3 is 15.3 Å². The topological polar surface area (TPSA) is 66.2 Å². The van der Waals surface area contributed by atoms with E-state index in [1.165, 1.54) is 38.9 Å². The van der Waals surface area contributed by atoms with Gasteiger partial charge in [0.1, 0.15) is 0 Å². The Bertz CT molecular complexity index is 335. The Hall–Kier alpha value is -0.980. The average Bonchev–Trinajstić information content (AvgIpc) is 3.01. The number of rotatable bonds is 8. The molecule has 0 atom stereocenters. The molecule has 0 aliphatic carbocycles. The molecule has 0 aromatic carbocycles. The van der Waals surface area contributed by atoms with Gasteiger partial charge in [-0.1, -0.05) is 5.21 Å². The minimum absolute atomic E-state index is 0.103. The number of nitrogens with zero attached hydrogens (tertiary/aromatic N) is 4. The highest BCUT2D eigenvalue weighted by Gasteiger charge is 2.09. The summed E-state index contributed by atoms with van der Waals surface area (Å²) < 4.78 is 1.67. The Kier molecular flexibility index (Phi) is 5.57. The van der Waals surface area contributed by atoms with Crippen molar-refractivity contribution >= 4 is 0 Å². The minimum Gasteiger partial charge on any atom is -0.394 e. The molecule has 1 saturated heterocycles. The standard InChI is InChI=1S/C12H23N5O/c18-9-8-17-11-12(14-15-17)10-13-4-3-7-16-5-1-2-6-16/h11,13,18H,1-10H2. The summed E-state index contributed by atoms with van der Waals surface area (Å²) in [6, 6.07) is 0. The van der Waals surface area contributed by atoms with Gasteiger partial charge in [-0.2, -0.15) is 0 Å². The number of hydrogen-bond acceptors (Lipinski definition) is 5. The first-order valence-corrected chi connectivity index (χ1v) is 6.81. The van der Waals surface area contributed by atoms with Crippen molar-refractivity contribution in [1.82, 2.24) is 25.2 Å². The molecule has 0 unspecified atom stereocenters. The Morgan fingerprint density at radius 1 is 1.28 bits per heavy atom. The largest absolute Gasteiger partial charge is 0.394 e. The van der Waals surface area contributed by atoms with E-state index in [2.05, 4.69) is 20.5 Å². The molecular weight excluding hydrogens is 230 g/mol. The van der Waals surface area contributed by atoms with Gasteiger partial charge in [-0.25, -0.2) is 4.68 Å². The Labute approximate surface area is 108 Å². The third kappa shape index (κ3) is 4.36. The lowest BCUT2D eigenvalue weighted by atomic mass is 10.3. The molecule has 1 fully saturated rings. The van der Waals surface area contributed by atoms with Gasteiger partial charge in [-0.05, 0) is 45.4 Å². The van der Waals surface area contributed by atoms with Crippen LogP contribution in [0.15, 0.2) is 6.20 Å². The van der Waals surface area contributed by atoms with Gasteiger partial charge >= 0.3 is 0 Å². The Balaban J connectivity index is 1.54. The fraction of sp³-hybridized carbons (Fsp3) is 0.833. The molecule has 2 rings (SSSR count). The maximum atomic E-state index is 8.77. The summed E-state index contributed by atoms with van der Waals surface area (Å²) >= 11 is 0. The molecule has 0 radical (unpaired) electrons. The number of hydrogen-bond donors (Lipinski definition) is 2. The fourth-order valence-corrected chi connectivity index (χ4v) is 2.28. The minimum atomic E-state index is 0.103. The lowest BCUT2D eigenvalue weighted by Gasteiger charge is -2.13. The van der Waals surface area contributed by atoms with Crippen LogP contribution in [0.2, 0.25) is 0 Å². The molecule has 1 aliphatic rings. The van der Waals surface area contributed by atoms with Crippen molar-refractivity contribution in [1.29, 1.82) is 0 Å². The monoisotopic (exact) mass is 253 g/mol. The maximum Gasteiger partial charge on any atom is 0.0964 e. The molecule has 2 heterocycles. The molecule has 0 saturated carbocycles. The summed E-state index contributed by atoms with van der Waals surface area (Å²) in [4.78, 5) is 2.53. The van der Waals surface area contributed by atoms with Crippen molar-refractivity contribution in [3.8, 4) is 0 Å². The highest BCUT2D eigenvalue weighted by Crippen LogP contribution is 2.06. The summed E-state index contributed by atoms with van der Waals surface area (Å²) in [5, 5.41) is 20.1. The first kappa shape index (κ1) is 13.5. The molecule has 6 heteroatoms. The molecule has 1 aromatic rings. The van der Waals surface area contributed by atoms with Crippen LogP contribution in [-0.2, 0) is 13.1 Å². The lowest BCUT2D eigenvalue weighted by molar-refractivity contribution is 0.268. The number of nitrogens with one attached hydrogen (secondary N) is 1. The molecule has 0 amide bonds. The van der Waals surface area contributed by atoms with Gasteiger partial charge in [0.25, 0.3) is 0 Å². The maximum absolute atomic E-state index is 8.77. The zero-order valence-electron chi connectivity index (χ0n) is 10.9. The summed E-state index contributed by atoms with van der Waals surface area (Å²) in [7, 11) is 0. The van der Waals surface area contributed by atoms with E-state index >= 15 is 0 Å². The van der Waals surface area contributed by atoms with Crippen molar-refractivity contribution in [3.63, 3.8) is 0 Å². The molecule has 6 nitrogen and oxygen atoms in total. The van der Waals surface area contributed by atoms with Crippen LogP contribution >= 0.6 is 0 Å². The van der Waals surface area contributed by atoms with E-state index in [0.717, 1.165) is 18.8 Å². The summed E-state index contributed by atoms with van der Waals surface area (Å²) in [5.74, 6) is 0. The van der Waals surface area contributed by atoms with Gasteiger partial charge in [-0.3, -0.25) is 0 Å². The van der Waals surface area contributed by atoms with Crippen molar-refractivity contribution in [2.45, 2.75) is 32.4 Å². The van der Waals surface area contributed by atoms with Crippen molar-refractivity contribution in [2.24, 2.45) is 0 Å². The van der Waals surface area contributed by atoms with Crippen molar-refractivity contribution in [2.75, 3.05) is 32.8 Å². The van der Waals surface area contributed by atoms with Crippen LogP contribution in [0.25, 0.3) is 0 Å². The van der Waals surface area contributed by atoms with E-state index in [1.807, 2.05) is 6.20 Å². The highest BCUT2D eigenvalue weighted by molar-refractivity contribution is 4.91. The van der Waals surface area contributed by atoms with E-state index in [1.54, 1.807) is 4.68 Å². The second-order valence-corrected chi connectivity index (χ2v) is 4.78. The van der Waals surface area contributed by atoms with E-state index in [-0.39, 0.29) is 6.61 Å². The lowest BCUT2D eigenvalue weighted by Crippen LogP contribution is -2.24. The van der Waals surface area contributed by atoms with Crippen LogP contribution in [-0.4, -0.2) is 57.8 Å². The van der Waals surface area contributed by atoms with Gasteiger partial charge in [0.2, 0.25) is 0 Å². The summed E-state index contributed by atoms with van der Waals surface area (Å²) in [6.45, 7) is 6.14. The van der Waals surface area contributed by atoms with Crippen LogP contribution in [0.3, 0.4) is 0 Å². The van der Waals surface area contributed by atoms with Crippen LogP contribution in [0.4, 0.5) is 0 Å². The molecule has 1 aromatic heterocycles. The predicted octanol–water partition coefficient (Wildman–Crippen LogP) is -0.154. The zero-order valence-corrected chi connectivity index (χ0v) is 10.9. The molecule has 0 spiro atoms. The highest BCUT2D eigenvalue weighted by atomic mass is 16.3. The Morgan fingerprint density at radius 3 is 2.89 bits per heavy atom. The SMILES string of the molecule is OCCn1cc(CNCCCN2CCCC2)nn1. The normalized spacial score (nSPS) is 16.5. The number of likely N-dealkylation sites (tertiary alicyclic amines) is 1. The quantitative estimate of drug-likeness (QED) is 0.631. The van der Waals surface area contributed by atoms with Crippen LogP contribution in [0.1, 0.15) is 25.0 Å². The third-order valence-electron chi connectivity index (χ3n) is 3.25. The zero-order chi connectivity index (χ0) is 12.6. The van der Waals surface area contributed by atoms with Crippen molar-refractivity contribution in [3.05, 3.63) is 11.9 Å². The summed E-state index contributed by atoms with van der Waals surface area (Å²) in [6.07, 6.45) is 5.79. The van der Waals surface area contributed by atoms with Crippen LogP contribution in [0.5, 0.6) is 0 Å². The van der Waals surface area contributed by atoms with E-state index < -0.39 is 0 Å². The van der Waals surface area contributed by atoms with Gasteiger partial charge in [0, 0.05) is 12.7 Å². The van der Waals surface area contributed by atoms with E-state index in [0.29, 0.717) is 6.54 Å². The van der Waals surface area contributed by atoms with E-state index in [9.17, 15) is 0 Å². The predicted molar refractivity (Wildman–Crippen MR) is 69.1 cm³/mol. The fourth-order valence-electron chi connectivity index (χ4n) is 2.28. The second kappa shape index (κ2) is 7.45. The van der Waals surface area contributed by atoms with Gasteiger partial charge in [0.15, 0.2) is 0 Å². The first-order valence-electron chi connectivity index (χ1n) is 6.81. The average molecular weight is 253 g/mol. The van der Waals surface area contributed by atoms with E-state index in [4.69, 9.17) is 5.11 Å². The third-order valence-corrected chi connectivity index (χ3v) is 3.25. The molecular formula is C12H23N5O. The van der Waals surface area contributed by atoms with Crippen molar-refractivity contribution < 1.29 is 5.11 Å². The number of aliphatic hydroxyl groups excluding tert-OH is 1. The molecule has 0 bridgehead atoms. The molecule has 18 heavy (non-hydrogen) atoms. The van der Waals surface area contributed by atoms with Crippen LogP contribution < -0.4 is 5.32 Å². The molecule has 102 valence electrons. The number of aliphatic hydroxyl groups is 1. The smallest absolute Gasteiger partial charge is 0.0964 e. The van der Waals surface area contributed by atoms with Crippen LogP contribution in [0, 0.1) is 0 Å². The molecule has 2 N–H and O–H groups in total. The number of aromatic nitrogens is 3. The first-order chi connectivity index (χ1) is 8.88. The summed E-state index contributed by atoms with van der Waals surface area (Å²) in [5.41, 5.74) is 0.935. The molecule has 1 aliphatic heterocycles. The van der Waals surface area contributed by atoms with Gasteiger partial charge in [0.05, 0.1) is 18.8 Å². The van der Waals surface area contributed by atoms with Gasteiger partial charge in [-0.15, -0.1) is 5.10 Å². The second-order valence-electron chi connectivity index (χ2n) is 4.78.